The number of halogens is 2. The molecule has 8 nitrogen and oxygen atoms in total. The van der Waals surface area contributed by atoms with Crippen molar-refractivity contribution in [3.63, 3.8) is 0 Å². The van der Waals surface area contributed by atoms with Crippen LogP contribution < -0.4 is 15.5 Å². The van der Waals surface area contributed by atoms with Gasteiger partial charge in [0.15, 0.2) is 0 Å². The number of carbonyl (C=O) groups excluding carboxylic acids is 1. The van der Waals surface area contributed by atoms with Gasteiger partial charge in [0, 0.05) is 62.9 Å². The summed E-state index contributed by atoms with van der Waals surface area (Å²) in [5.41, 5.74) is 1.86. The van der Waals surface area contributed by atoms with Gasteiger partial charge in [-0.1, -0.05) is 0 Å². The molecule has 2 saturated carbocycles. The molecule has 2 N–H and O–H groups in total. The Morgan fingerprint density at radius 1 is 1.25 bits per heavy atom. The summed E-state index contributed by atoms with van der Waals surface area (Å²) < 4.78 is 33.8. The maximum atomic E-state index is 14.3. The topological polar surface area (TPSA) is 92.3 Å². The van der Waals surface area contributed by atoms with Crippen LogP contribution in [0.4, 0.5) is 31.9 Å². The second-order valence-corrected chi connectivity index (χ2v) is 9.13. The molecule has 1 spiro atoms. The Labute approximate surface area is 184 Å². The SMILES string of the molecule is COC1CC(Nc2cc(N3CC4(CC4)c4cnc(NC(C)=O)cc43)nc(C(C)(F)F)n2)C1. The summed E-state index contributed by atoms with van der Waals surface area (Å²) in [6.07, 6.45) is 5.57. The Morgan fingerprint density at radius 2 is 2.00 bits per heavy atom. The minimum atomic E-state index is -3.18. The third-order valence-electron chi connectivity index (χ3n) is 6.52. The first-order valence-corrected chi connectivity index (χ1v) is 10.8. The molecular weight excluding hydrogens is 418 g/mol. The number of nitrogens with zero attached hydrogens (tertiary/aromatic N) is 4. The number of anilines is 4. The molecule has 0 unspecified atom stereocenters. The minimum absolute atomic E-state index is 0.0375. The van der Waals surface area contributed by atoms with E-state index in [1.54, 1.807) is 25.4 Å². The molecule has 1 aliphatic heterocycles. The number of methoxy groups -OCH3 is 1. The smallest absolute Gasteiger partial charge is 0.303 e. The fraction of sp³-hybridized carbons (Fsp3) is 0.545. The van der Waals surface area contributed by atoms with Crippen molar-refractivity contribution in [2.24, 2.45) is 0 Å². The molecule has 5 rings (SSSR count). The van der Waals surface area contributed by atoms with Gasteiger partial charge in [-0.3, -0.25) is 4.79 Å². The number of hydrogen-bond acceptors (Lipinski definition) is 7. The molecule has 2 aliphatic carbocycles. The highest BCUT2D eigenvalue weighted by Gasteiger charge is 2.53. The number of pyridine rings is 1. The van der Waals surface area contributed by atoms with Crippen LogP contribution in [0.5, 0.6) is 0 Å². The van der Waals surface area contributed by atoms with Gasteiger partial charge in [-0.2, -0.15) is 8.78 Å². The van der Waals surface area contributed by atoms with Crippen LogP contribution in [0.2, 0.25) is 0 Å². The average molecular weight is 444 g/mol. The number of alkyl halides is 2. The van der Waals surface area contributed by atoms with Crippen LogP contribution in [0.25, 0.3) is 0 Å². The van der Waals surface area contributed by atoms with E-state index in [0.717, 1.165) is 43.9 Å². The van der Waals surface area contributed by atoms with Crippen molar-refractivity contribution in [1.82, 2.24) is 15.0 Å². The monoisotopic (exact) mass is 444 g/mol. The first-order chi connectivity index (χ1) is 15.2. The quantitative estimate of drug-likeness (QED) is 0.702. The molecule has 0 radical (unpaired) electrons. The van der Waals surface area contributed by atoms with E-state index in [9.17, 15) is 13.6 Å². The lowest BCUT2D eigenvalue weighted by molar-refractivity contribution is -0.114. The molecule has 1 amide bonds. The van der Waals surface area contributed by atoms with Crippen LogP contribution in [0.15, 0.2) is 18.3 Å². The summed E-state index contributed by atoms with van der Waals surface area (Å²) >= 11 is 0. The van der Waals surface area contributed by atoms with Gasteiger partial charge in [0.2, 0.25) is 11.7 Å². The predicted octanol–water partition coefficient (Wildman–Crippen LogP) is 3.71. The molecule has 2 aromatic rings. The normalized spacial score (nSPS) is 23.0. The minimum Gasteiger partial charge on any atom is -0.381 e. The molecule has 32 heavy (non-hydrogen) atoms. The van der Waals surface area contributed by atoms with E-state index in [4.69, 9.17) is 4.74 Å². The maximum absolute atomic E-state index is 14.3. The zero-order valence-electron chi connectivity index (χ0n) is 18.3. The zero-order chi connectivity index (χ0) is 22.7. The molecule has 2 fully saturated rings. The van der Waals surface area contributed by atoms with E-state index in [2.05, 4.69) is 25.6 Å². The van der Waals surface area contributed by atoms with Crippen LogP contribution >= 0.6 is 0 Å². The Hall–Kier alpha value is -2.88. The lowest BCUT2D eigenvalue weighted by Crippen LogP contribution is -2.40. The molecule has 0 bridgehead atoms. The number of rotatable bonds is 6. The largest absolute Gasteiger partial charge is 0.381 e. The summed E-state index contributed by atoms with van der Waals surface area (Å²) in [6, 6.07) is 3.63. The van der Waals surface area contributed by atoms with Crippen LogP contribution in [0.3, 0.4) is 0 Å². The highest BCUT2D eigenvalue weighted by molar-refractivity contribution is 5.89. The lowest BCUT2D eigenvalue weighted by Gasteiger charge is -2.35. The molecule has 3 heterocycles. The number of amides is 1. The standard InChI is InChI=1S/C22H26F2N6O2/c1-12(31)26-17-8-16-15(10-25-17)22(4-5-22)11-30(16)19-9-18(27-13-6-14(7-13)32-3)28-20(29-19)21(2,23)24/h8-10,13-14H,4-7,11H2,1-3H3,(H,25,26,31)(H,27,28,29). The summed E-state index contributed by atoms with van der Waals surface area (Å²) in [5, 5.41) is 5.95. The third kappa shape index (κ3) is 3.76. The van der Waals surface area contributed by atoms with E-state index >= 15 is 0 Å². The Morgan fingerprint density at radius 3 is 2.62 bits per heavy atom. The molecule has 10 heteroatoms. The first kappa shape index (κ1) is 21.0. The number of nitrogens with one attached hydrogen (secondary N) is 2. The van der Waals surface area contributed by atoms with Crippen molar-refractivity contribution in [1.29, 1.82) is 0 Å². The number of ether oxygens (including phenoxy) is 1. The van der Waals surface area contributed by atoms with Crippen LogP contribution in [0.1, 0.15) is 50.9 Å². The van der Waals surface area contributed by atoms with Gasteiger partial charge in [-0.05, 0) is 25.7 Å². The summed E-state index contributed by atoms with van der Waals surface area (Å²) in [6.45, 7) is 2.86. The predicted molar refractivity (Wildman–Crippen MR) is 116 cm³/mol. The Bertz CT molecular complexity index is 1060. The van der Waals surface area contributed by atoms with E-state index in [0.29, 0.717) is 24.0 Å². The second-order valence-electron chi connectivity index (χ2n) is 9.13. The molecule has 170 valence electrons. The fourth-order valence-electron chi connectivity index (χ4n) is 4.51. The molecule has 2 aromatic heterocycles. The van der Waals surface area contributed by atoms with Gasteiger partial charge in [-0.15, -0.1) is 0 Å². The number of hydrogen-bond donors (Lipinski definition) is 2. The van der Waals surface area contributed by atoms with E-state index in [1.165, 1.54) is 6.92 Å². The van der Waals surface area contributed by atoms with E-state index < -0.39 is 11.7 Å². The van der Waals surface area contributed by atoms with Gasteiger partial charge < -0.3 is 20.3 Å². The molecule has 0 atom stereocenters. The van der Waals surface area contributed by atoms with Crippen LogP contribution in [-0.4, -0.2) is 46.7 Å². The van der Waals surface area contributed by atoms with Crippen molar-refractivity contribution in [3.8, 4) is 0 Å². The highest BCUT2D eigenvalue weighted by atomic mass is 19.3. The van der Waals surface area contributed by atoms with Gasteiger partial charge in [-0.25, -0.2) is 15.0 Å². The van der Waals surface area contributed by atoms with Crippen molar-refractivity contribution in [2.45, 2.75) is 63.0 Å². The van der Waals surface area contributed by atoms with E-state index in [-0.39, 0.29) is 23.5 Å². The van der Waals surface area contributed by atoms with Crippen molar-refractivity contribution >= 4 is 29.0 Å². The first-order valence-electron chi connectivity index (χ1n) is 10.8. The molecule has 3 aliphatic rings. The molecule has 0 aromatic carbocycles. The van der Waals surface area contributed by atoms with E-state index in [1.807, 2.05) is 4.90 Å². The van der Waals surface area contributed by atoms with Crippen molar-refractivity contribution in [2.75, 3.05) is 29.2 Å². The van der Waals surface area contributed by atoms with Crippen molar-refractivity contribution < 1.29 is 18.3 Å². The van der Waals surface area contributed by atoms with Gasteiger partial charge in [0.25, 0.3) is 0 Å². The third-order valence-corrected chi connectivity index (χ3v) is 6.52. The van der Waals surface area contributed by atoms with Crippen LogP contribution in [0, 0.1) is 0 Å². The lowest BCUT2D eigenvalue weighted by atomic mass is 9.89. The zero-order valence-corrected chi connectivity index (χ0v) is 18.3. The summed E-state index contributed by atoms with van der Waals surface area (Å²) in [7, 11) is 1.67. The summed E-state index contributed by atoms with van der Waals surface area (Å²) in [4.78, 5) is 26.2. The Kier molecular flexibility index (Phi) is 4.81. The van der Waals surface area contributed by atoms with Crippen LogP contribution in [-0.2, 0) is 20.9 Å². The number of aromatic nitrogens is 3. The van der Waals surface area contributed by atoms with Crippen molar-refractivity contribution in [3.05, 3.63) is 29.7 Å². The van der Waals surface area contributed by atoms with Gasteiger partial charge in [0.05, 0.1) is 11.8 Å². The summed E-state index contributed by atoms with van der Waals surface area (Å²) in [5.74, 6) is -2.71. The van der Waals surface area contributed by atoms with Gasteiger partial charge in [0.1, 0.15) is 17.5 Å². The van der Waals surface area contributed by atoms with Gasteiger partial charge >= 0.3 is 5.92 Å². The number of carbonyl (C=O) groups is 1. The Balaban J connectivity index is 1.51. The second kappa shape index (κ2) is 7.33. The maximum Gasteiger partial charge on any atom is 0.303 e. The molecule has 0 saturated heterocycles. The fourth-order valence-corrected chi connectivity index (χ4v) is 4.51. The number of fused-ring (bicyclic) bond motifs is 2. The molecular formula is C22H26F2N6O2. The average Bonchev–Trinajstić information content (AvgIpc) is 3.40. The highest BCUT2D eigenvalue weighted by Crippen LogP contribution is 2.58.